The molecule has 9 heteroatoms. The summed E-state index contributed by atoms with van der Waals surface area (Å²) in [5.41, 5.74) is -0.389. The molecule has 4 amide bonds. The Morgan fingerprint density at radius 1 is 1.21 bits per heavy atom. The molecule has 2 saturated heterocycles. The Kier molecular flexibility index (Phi) is 8.13. The third-order valence-corrected chi connectivity index (χ3v) is 6.83. The molecule has 3 rings (SSSR count). The number of rotatable bonds is 9. The number of nitrogens with zero attached hydrogens (tertiary/aromatic N) is 2. The number of piperidine rings is 1. The number of amides is 4. The third kappa shape index (κ3) is 5.38. The van der Waals surface area contributed by atoms with Gasteiger partial charge in [-0.25, -0.2) is 4.79 Å². The number of imide groups is 1. The predicted molar refractivity (Wildman–Crippen MR) is 124 cm³/mol. The van der Waals surface area contributed by atoms with Crippen molar-refractivity contribution < 1.29 is 23.9 Å². The van der Waals surface area contributed by atoms with E-state index in [9.17, 15) is 19.2 Å². The Morgan fingerprint density at radius 3 is 2.48 bits per heavy atom. The topological polar surface area (TPSA) is 96.0 Å². The molecule has 0 unspecified atom stereocenters. The molecule has 1 N–H and O–H groups in total. The van der Waals surface area contributed by atoms with Crippen LogP contribution in [0.3, 0.4) is 0 Å². The summed E-state index contributed by atoms with van der Waals surface area (Å²) in [6.45, 7) is 4.93. The van der Waals surface area contributed by atoms with Crippen LogP contribution in [0.4, 0.5) is 4.79 Å². The first-order chi connectivity index (χ1) is 15.7. The standard InChI is InChI=1S/C24H32ClN3O5/c1-16(2)14-20(29)21(30)27-10-8-18(9-11-27)24(15-17-6-4-5-7-19(17)25)22(31)28(12-13-33-3)23(32)26-24/h4-7,16,18H,8-15H2,1-3H3,(H,26,32)/t24-/m0/s1. The van der Waals surface area contributed by atoms with Crippen LogP contribution in [-0.4, -0.2) is 72.3 Å². The molecule has 0 bridgehead atoms. The largest absolute Gasteiger partial charge is 0.383 e. The van der Waals surface area contributed by atoms with E-state index in [0.717, 1.165) is 5.56 Å². The van der Waals surface area contributed by atoms with Gasteiger partial charge in [0.05, 0.1) is 13.2 Å². The van der Waals surface area contributed by atoms with E-state index in [4.69, 9.17) is 16.3 Å². The average molecular weight is 478 g/mol. The van der Waals surface area contributed by atoms with Crippen LogP contribution < -0.4 is 5.32 Å². The van der Waals surface area contributed by atoms with Gasteiger partial charge in [-0.2, -0.15) is 0 Å². The zero-order valence-corrected chi connectivity index (χ0v) is 20.2. The summed E-state index contributed by atoms with van der Waals surface area (Å²) in [5, 5.41) is 3.50. The van der Waals surface area contributed by atoms with Crippen molar-refractivity contribution in [3.05, 3.63) is 34.9 Å². The molecular weight excluding hydrogens is 446 g/mol. The van der Waals surface area contributed by atoms with E-state index in [1.807, 2.05) is 32.0 Å². The van der Waals surface area contributed by atoms with Gasteiger partial charge in [-0.15, -0.1) is 0 Å². The lowest BCUT2D eigenvalue weighted by atomic mass is 9.73. The minimum absolute atomic E-state index is 0.113. The van der Waals surface area contributed by atoms with Gasteiger partial charge in [-0.3, -0.25) is 19.3 Å². The number of likely N-dealkylation sites (tertiary alicyclic amines) is 1. The van der Waals surface area contributed by atoms with Crippen LogP contribution in [0.2, 0.25) is 5.02 Å². The number of Topliss-reactive ketones (excluding diaryl/α,β-unsaturated/α-hetero) is 1. The molecule has 0 saturated carbocycles. The predicted octanol–water partition coefficient (Wildman–Crippen LogP) is 2.67. The first-order valence-electron chi connectivity index (χ1n) is 11.4. The lowest BCUT2D eigenvalue weighted by Crippen LogP contribution is -2.58. The van der Waals surface area contributed by atoms with Gasteiger partial charge in [-0.1, -0.05) is 43.6 Å². The second kappa shape index (κ2) is 10.7. The van der Waals surface area contributed by atoms with Crippen molar-refractivity contribution in [2.24, 2.45) is 11.8 Å². The monoisotopic (exact) mass is 477 g/mol. The van der Waals surface area contributed by atoms with Gasteiger partial charge in [0.15, 0.2) is 0 Å². The van der Waals surface area contributed by atoms with Gasteiger partial charge in [0, 0.05) is 38.1 Å². The highest BCUT2D eigenvalue weighted by Gasteiger charge is 2.56. The maximum Gasteiger partial charge on any atom is 0.325 e. The number of nitrogens with one attached hydrogen (secondary N) is 1. The van der Waals surface area contributed by atoms with Crippen LogP contribution in [0.1, 0.15) is 38.7 Å². The lowest BCUT2D eigenvalue weighted by molar-refractivity contribution is -0.146. The quantitative estimate of drug-likeness (QED) is 0.435. The summed E-state index contributed by atoms with van der Waals surface area (Å²) in [6, 6.07) is 6.83. The SMILES string of the molecule is COCCN1C(=O)N[C@@](Cc2ccccc2Cl)(C2CCN(C(=O)C(=O)CC(C)C)CC2)C1=O. The number of benzene rings is 1. The van der Waals surface area contributed by atoms with E-state index in [1.54, 1.807) is 11.0 Å². The Balaban J connectivity index is 1.82. The van der Waals surface area contributed by atoms with Crippen LogP contribution in [0.15, 0.2) is 24.3 Å². The lowest BCUT2D eigenvalue weighted by Gasteiger charge is -2.41. The molecule has 0 radical (unpaired) electrons. The summed E-state index contributed by atoms with van der Waals surface area (Å²) in [5.74, 6) is -1.24. The van der Waals surface area contributed by atoms with E-state index in [0.29, 0.717) is 31.0 Å². The number of ketones is 1. The molecule has 33 heavy (non-hydrogen) atoms. The minimum Gasteiger partial charge on any atom is -0.383 e. The van der Waals surface area contributed by atoms with Crippen molar-refractivity contribution in [3.63, 3.8) is 0 Å². The van der Waals surface area contributed by atoms with E-state index >= 15 is 0 Å². The third-order valence-electron chi connectivity index (χ3n) is 6.46. The Morgan fingerprint density at radius 2 is 1.88 bits per heavy atom. The highest BCUT2D eigenvalue weighted by Crippen LogP contribution is 2.37. The second-order valence-corrected chi connectivity index (χ2v) is 9.61. The van der Waals surface area contributed by atoms with Crippen LogP contribution in [0.5, 0.6) is 0 Å². The Labute approximate surface area is 199 Å². The van der Waals surface area contributed by atoms with Gasteiger partial charge in [0.2, 0.25) is 5.78 Å². The molecular formula is C24H32ClN3O5. The number of hydrogen-bond acceptors (Lipinski definition) is 5. The summed E-state index contributed by atoms with van der Waals surface area (Å²) >= 11 is 6.40. The van der Waals surface area contributed by atoms with Gasteiger partial charge < -0.3 is 15.0 Å². The molecule has 2 fully saturated rings. The second-order valence-electron chi connectivity index (χ2n) is 9.21. The number of ether oxygens (including phenoxy) is 1. The maximum atomic E-state index is 13.6. The van der Waals surface area contributed by atoms with Gasteiger partial charge in [0.25, 0.3) is 11.8 Å². The van der Waals surface area contributed by atoms with Crippen molar-refractivity contribution in [1.82, 2.24) is 15.1 Å². The van der Waals surface area contributed by atoms with Crippen LogP contribution in [0.25, 0.3) is 0 Å². The Bertz CT molecular complexity index is 913. The van der Waals surface area contributed by atoms with Crippen molar-refractivity contribution in [2.45, 2.75) is 45.1 Å². The van der Waals surface area contributed by atoms with Gasteiger partial charge in [0.1, 0.15) is 5.54 Å². The smallest absolute Gasteiger partial charge is 0.325 e. The van der Waals surface area contributed by atoms with Crippen molar-refractivity contribution in [3.8, 4) is 0 Å². The fraction of sp³-hybridized carbons (Fsp3) is 0.583. The number of halogens is 1. The average Bonchev–Trinajstić information content (AvgIpc) is 3.02. The van der Waals surface area contributed by atoms with E-state index in [2.05, 4.69) is 5.32 Å². The number of hydrogen-bond donors (Lipinski definition) is 1. The summed E-state index contributed by atoms with van der Waals surface area (Å²) in [6.07, 6.45) is 1.47. The molecule has 0 aromatic heterocycles. The van der Waals surface area contributed by atoms with Crippen LogP contribution in [-0.2, 0) is 25.5 Å². The zero-order chi connectivity index (χ0) is 24.2. The molecule has 0 spiro atoms. The number of methoxy groups -OCH3 is 1. The first-order valence-corrected chi connectivity index (χ1v) is 11.8. The highest BCUT2D eigenvalue weighted by atomic mass is 35.5. The highest BCUT2D eigenvalue weighted by molar-refractivity contribution is 6.36. The fourth-order valence-corrected chi connectivity index (χ4v) is 4.93. The molecule has 1 aromatic carbocycles. The van der Waals surface area contributed by atoms with Crippen molar-refractivity contribution in [1.29, 1.82) is 0 Å². The van der Waals surface area contributed by atoms with E-state index in [-0.39, 0.29) is 49.5 Å². The summed E-state index contributed by atoms with van der Waals surface area (Å²) in [4.78, 5) is 54.0. The molecule has 2 aliphatic rings. The molecule has 1 aromatic rings. The minimum atomic E-state index is -1.16. The molecule has 2 heterocycles. The van der Waals surface area contributed by atoms with Gasteiger partial charge in [-0.05, 0) is 36.3 Å². The fourth-order valence-electron chi connectivity index (χ4n) is 4.72. The normalized spacial score (nSPS) is 21.6. The Hall–Kier alpha value is -2.45. The number of urea groups is 1. The van der Waals surface area contributed by atoms with Crippen LogP contribution >= 0.6 is 11.6 Å². The molecule has 2 aliphatic heterocycles. The number of carbonyl (C=O) groups excluding carboxylic acids is 4. The van der Waals surface area contributed by atoms with Crippen molar-refractivity contribution in [2.75, 3.05) is 33.4 Å². The first kappa shape index (κ1) is 25.2. The van der Waals surface area contributed by atoms with E-state index < -0.39 is 17.5 Å². The molecule has 180 valence electrons. The van der Waals surface area contributed by atoms with Gasteiger partial charge >= 0.3 is 6.03 Å². The molecule has 8 nitrogen and oxygen atoms in total. The van der Waals surface area contributed by atoms with E-state index in [1.165, 1.54) is 12.0 Å². The zero-order valence-electron chi connectivity index (χ0n) is 19.4. The van der Waals surface area contributed by atoms with Crippen molar-refractivity contribution >= 4 is 35.2 Å². The summed E-state index contributed by atoms with van der Waals surface area (Å²) < 4.78 is 5.07. The number of carbonyl (C=O) groups is 4. The molecule has 1 atom stereocenters. The summed E-state index contributed by atoms with van der Waals surface area (Å²) in [7, 11) is 1.52. The molecule has 0 aliphatic carbocycles. The maximum absolute atomic E-state index is 13.6. The van der Waals surface area contributed by atoms with Crippen LogP contribution in [0, 0.1) is 11.8 Å².